The molecule has 1 saturated carbocycles. The molecule has 5 rings (SSSR count). The minimum absolute atomic E-state index is 0.0158. The number of benzene rings is 3. The summed E-state index contributed by atoms with van der Waals surface area (Å²) in [5, 5.41) is 0. The summed E-state index contributed by atoms with van der Waals surface area (Å²) in [4.78, 5) is 15.8. The predicted octanol–water partition coefficient (Wildman–Crippen LogP) is 4.84. The molecule has 0 N–H and O–H groups in total. The van der Waals surface area contributed by atoms with Crippen LogP contribution in [-0.2, 0) is 10.3 Å². The summed E-state index contributed by atoms with van der Waals surface area (Å²) in [6.07, 6.45) is 7.03. The summed E-state index contributed by atoms with van der Waals surface area (Å²) in [6.45, 7) is 0. The number of nitrogens with zero attached hydrogens (tertiary/aromatic N) is 2. The Balaban J connectivity index is 1.78. The van der Waals surface area contributed by atoms with E-state index in [-0.39, 0.29) is 11.8 Å². The molecule has 1 radical (unpaired) electrons. The van der Waals surface area contributed by atoms with Crippen LogP contribution in [0, 0.1) is 12.3 Å². The second-order valence-electron chi connectivity index (χ2n) is 7.45. The van der Waals surface area contributed by atoms with Crippen LogP contribution in [0.1, 0.15) is 28.3 Å². The van der Waals surface area contributed by atoms with E-state index in [0.717, 1.165) is 28.7 Å². The van der Waals surface area contributed by atoms with E-state index in [1.807, 2.05) is 30.9 Å². The Hall–Kier alpha value is -3.46. The second-order valence-corrected chi connectivity index (χ2v) is 7.45. The standard InChI is InChI=1S/C26H21N2O/c29-18-20-16-24(20)25-17-28(19-27-25)26(21-10-4-1-5-11-21,22-12-6-2-7-13-22)23-14-8-3-9-15-23/h1-20,24H. The summed E-state index contributed by atoms with van der Waals surface area (Å²) >= 11 is 0. The lowest BCUT2D eigenvalue weighted by Gasteiger charge is -2.37. The van der Waals surface area contributed by atoms with Crippen LogP contribution in [0.25, 0.3) is 0 Å². The summed E-state index contributed by atoms with van der Waals surface area (Å²) in [7, 11) is 0. The predicted molar refractivity (Wildman–Crippen MR) is 113 cm³/mol. The molecule has 0 spiro atoms. The maximum atomic E-state index is 11.2. The van der Waals surface area contributed by atoms with Crippen molar-refractivity contribution < 1.29 is 4.79 Å². The molecule has 2 atom stereocenters. The second kappa shape index (κ2) is 7.17. The minimum atomic E-state index is -0.555. The van der Waals surface area contributed by atoms with E-state index < -0.39 is 5.54 Å². The van der Waals surface area contributed by atoms with E-state index in [1.165, 1.54) is 0 Å². The lowest BCUT2D eigenvalue weighted by molar-refractivity contribution is -0.108. The van der Waals surface area contributed by atoms with Crippen molar-refractivity contribution >= 4 is 6.29 Å². The Bertz CT molecular complexity index is 1010. The maximum absolute atomic E-state index is 11.2. The van der Waals surface area contributed by atoms with Gasteiger partial charge in [0.2, 0.25) is 0 Å². The van der Waals surface area contributed by atoms with Crippen molar-refractivity contribution in [3.05, 3.63) is 132 Å². The Kier molecular flexibility index (Phi) is 4.36. The molecule has 3 aromatic carbocycles. The van der Waals surface area contributed by atoms with Crippen LogP contribution in [-0.4, -0.2) is 15.8 Å². The van der Waals surface area contributed by atoms with Gasteiger partial charge in [-0.25, -0.2) is 4.98 Å². The van der Waals surface area contributed by atoms with Crippen LogP contribution in [0.2, 0.25) is 0 Å². The van der Waals surface area contributed by atoms with Gasteiger partial charge in [-0.15, -0.1) is 0 Å². The fraction of sp³-hybridized carbons (Fsp3) is 0.115. The van der Waals surface area contributed by atoms with E-state index in [1.54, 1.807) is 0 Å². The van der Waals surface area contributed by atoms with Crippen molar-refractivity contribution in [2.45, 2.75) is 11.5 Å². The highest BCUT2D eigenvalue weighted by Crippen LogP contribution is 2.46. The Morgan fingerprint density at radius 2 is 1.24 bits per heavy atom. The van der Waals surface area contributed by atoms with E-state index in [9.17, 15) is 4.79 Å². The number of carbonyl (C=O) groups is 1. The molecule has 1 aromatic heterocycles. The molecule has 29 heavy (non-hydrogen) atoms. The van der Waals surface area contributed by atoms with E-state index >= 15 is 0 Å². The molecule has 0 aliphatic heterocycles. The third kappa shape index (κ3) is 2.90. The number of carbonyl (C=O) groups excluding carboxylic acids is 1. The van der Waals surface area contributed by atoms with Crippen LogP contribution in [0.3, 0.4) is 0 Å². The summed E-state index contributed by atoms with van der Waals surface area (Å²) < 4.78 is 2.19. The fourth-order valence-electron chi connectivity index (χ4n) is 4.28. The molecule has 3 nitrogen and oxygen atoms in total. The van der Waals surface area contributed by atoms with Gasteiger partial charge < -0.3 is 9.36 Å². The number of hydrogen-bond acceptors (Lipinski definition) is 2. The first-order chi connectivity index (χ1) is 14.3. The molecule has 1 aliphatic carbocycles. The fourth-order valence-corrected chi connectivity index (χ4v) is 4.28. The van der Waals surface area contributed by atoms with Gasteiger partial charge in [-0.3, -0.25) is 0 Å². The normalized spacial score (nSPS) is 18.3. The monoisotopic (exact) mass is 377 g/mol. The van der Waals surface area contributed by atoms with E-state index in [0.29, 0.717) is 0 Å². The highest BCUT2D eigenvalue weighted by molar-refractivity contribution is 5.65. The number of hydrogen-bond donors (Lipinski definition) is 0. The molecule has 0 bridgehead atoms. The van der Waals surface area contributed by atoms with Crippen LogP contribution >= 0.6 is 0 Å². The quantitative estimate of drug-likeness (QED) is 0.356. The highest BCUT2D eigenvalue weighted by Gasteiger charge is 2.43. The van der Waals surface area contributed by atoms with Crippen molar-refractivity contribution in [2.75, 3.05) is 0 Å². The number of aldehydes is 1. The van der Waals surface area contributed by atoms with Crippen LogP contribution in [0.4, 0.5) is 0 Å². The average molecular weight is 377 g/mol. The Morgan fingerprint density at radius 3 is 1.66 bits per heavy atom. The van der Waals surface area contributed by atoms with Crippen LogP contribution < -0.4 is 0 Å². The topological polar surface area (TPSA) is 34.9 Å². The summed E-state index contributed by atoms with van der Waals surface area (Å²) in [5.41, 5.74) is 3.86. The van der Waals surface area contributed by atoms with Crippen molar-refractivity contribution in [1.82, 2.24) is 9.55 Å². The van der Waals surface area contributed by atoms with E-state index in [2.05, 4.69) is 83.6 Å². The van der Waals surface area contributed by atoms with Crippen molar-refractivity contribution in [1.29, 1.82) is 0 Å². The molecule has 2 unspecified atom stereocenters. The zero-order valence-electron chi connectivity index (χ0n) is 15.9. The first-order valence-electron chi connectivity index (χ1n) is 9.85. The Labute approximate surface area is 170 Å². The van der Waals surface area contributed by atoms with Crippen molar-refractivity contribution in [3.63, 3.8) is 0 Å². The number of aromatic nitrogens is 2. The lowest BCUT2D eigenvalue weighted by atomic mass is 9.77. The molecular formula is C26H21N2O. The zero-order valence-corrected chi connectivity index (χ0v) is 15.9. The summed E-state index contributed by atoms with van der Waals surface area (Å²) in [6, 6.07) is 31.5. The molecule has 4 aromatic rings. The lowest BCUT2D eigenvalue weighted by Crippen LogP contribution is -2.36. The van der Waals surface area contributed by atoms with Gasteiger partial charge in [0.05, 0.1) is 12.0 Å². The average Bonchev–Trinajstić information content (AvgIpc) is 3.44. The third-order valence-corrected chi connectivity index (χ3v) is 5.77. The SMILES string of the molecule is O=CC1[CH]C1c1cn(C(c2ccccc2)(c2ccccc2)c2ccccc2)cn1. The van der Waals surface area contributed by atoms with Crippen LogP contribution in [0.5, 0.6) is 0 Å². The molecular weight excluding hydrogens is 356 g/mol. The van der Waals surface area contributed by atoms with Gasteiger partial charge in [0, 0.05) is 18.0 Å². The largest absolute Gasteiger partial charge is 0.319 e. The van der Waals surface area contributed by atoms with Gasteiger partial charge in [0.15, 0.2) is 0 Å². The van der Waals surface area contributed by atoms with Gasteiger partial charge in [0.1, 0.15) is 11.8 Å². The first-order valence-corrected chi connectivity index (χ1v) is 9.85. The van der Waals surface area contributed by atoms with E-state index in [4.69, 9.17) is 4.98 Å². The molecule has 1 aliphatic rings. The van der Waals surface area contributed by atoms with Gasteiger partial charge in [0.25, 0.3) is 0 Å². The first kappa shape index (κ1) is 17.6. The molecule has 1 heterocycles. The van der Waals surface area contributed by atoms with Crippen molar-refractivity contribution in [2.24, 2.45) is 5.92 Å². The summed E-state index contributed by atoms with van der Waals surface area (Å²) in [5.74, 6) is 0.103. The van der Waals surface area contributed by atoms with Crippen LogP contribution in [0.15, 0.2) is 104 Å². The molecule has 3 heteroatoms. The minimum Gasteiger partial charge on any atom is -0.319 e. The zero-order chi connectivity index (χ0) is 19.7. The number of rotatable bonds is 6. The van der Waals surface area contributed by atoms with Gasteiger partial charge >= 0.3 is 0 Å². The molecule has 141 valence electrons. The van der Waals surface area contributed by atoms with Gasteiger partial charge in [-0.05, 0) is 23.1 Å². The van der Waals surface area contributed by atoms with Gasteiger partial charge in [-0.1, -0.05) is 91.0 Å². The maximum Gasteiger partial charge on any atom is 0.124 e. The molecule has 0 saturated heterocycles. The molecule has 0 amide bonds. The van der Waals surface area contributed by atoms with Crippen molar-refractivity contribution in [3.8, 4) is 0 Å². The Morgan fingerprint density at radius 1 is 0.759 bits per heavy atom. The number of imidazole rings is 1. The van der Waals surface area contributed by atoms with Gasteiger partial charge in [-0.2, -0.15) is 0 Å². The molecule has 1 fully saturated rings. The smallest absolute Gasteiger partial charge is 0.124 e. The third-order valence-electron chi connectivity index (χ3n) is 5.77. The highest BCUT2D eigenvalue weighted by atomic mass is 16.1.